The van der Waals surface area contributed by atoms with Gasteiger partial charge in [-0.1, -0.05) is 0 Å². The molecule has 7 heteroatoms. The highest BCUT2D eigenvalue weighted by atomic mass is 19.1. The number of rotatable bonds is 4. The summed E-state index contributed by atoms with van der Waals surface area (Å²) in [5, 5.41) is 8.95. The Balaban J connectivity index is 1.63. The normalized spacial score (nSPS) is 25.5. The summed E-state index contributed by atoms with van der Waals surface area (Å²) in [4.78, 5) is 16.1. The Morgan fingerprint density at radius 1 is 1.38 bits per heavy atom. The Kier molecular flexibility index (Phi) is 4.81. The van der Waals surface area contributed by atoms with Gasteiger partial charge in [0.1, 0.15) is 11.4 Å². The fraction of sp³-hybridized carbons (Fsp3) is 0.529. The first kappa shape index (κ1) is 16.8. The number of benzene rings is 1. The van der Waals surface area contributed by atoms with E-state index in [0.29, 0.717) is 63.5 Å². The topological polar surface area (TPSA) is 82.6 Å². The number of ether oxygens (including phenoxy) is 1. The van der Waals surface area contributed by atoms with E-state index in [2.05, 4.69) is 9.80 Å². The lowest BCUT2D eigenvalue weighted by atomic mass is 9.94. The van der Waals surface area contributed by atoms with Crippen LogP contribution in [0.1, 0.15) is 17.5 Å². The number of nitrogens with two attached hydrogens (primary N) is 1. The van der Waals surface area contributed by atoms with Crippen molar-refractivity contribution in [3.05, 3.63) is 35.1 Å². The van der Waals surface area contributed by atoms with Gasteiger partial charge in [-0.2, -0.15) is 5.26 Å². The van der Waals surface area contributed by atoms with Gasteiger partial charge in [-0.3, -0.25) is 14.6 Å². The summed E-state index contributed by atoms with van der Waals surface area (Å²) in [7, 11) is 0. The number of primary amides is 1. The molecule has 0 aromatic heterocycles. The van der Waals surface area contributed by atoms with Crippen LogP contribution in [-0.2, 0) is 16.1 Å². The van der Waals surface area contributed by atoms with Gasteiger partial charge in [0.2, 0.25) is 5.91 Å². The van der Waals surface area contributed by atoms with Crippen LogP contribution in [0, 0.1) is 17.1 Å². The quantitative estimate of drug-likeness (QED) is 0.866. The highest BCUT2D eigenvalue weighted by molar-refractivity contribution is 5.85. The molecule has 1 unspecified atom stereocenters. The van der Waals surface area contributed by atoms with Crippen molar-refractivity contribution in [2.75, 3.05) is 39.4 Å². The summed E-state index contributed by atoms with van der Waals surface area (Å²) in [6.07, 6.45) is 0.626. The number of halogens is 1. The van der Waals surface area contributed by atoms with E-state index in [9.17, 15) is 9.18 Å². The number of carbonyl (C=O) groups excluding carboxylic acids is 1. The molecule has 0 bridgehead atoms. The number of amides is 1. The van der Waals surface area contributed by atoms with Crippen molar-refractivity contribution in [3.8, 4) is 6.07 Å². The monoisotopic (exact) mass is 332 g/mol. The zero-order valence-corrected chi connectivity index (χ0v) is 13.5. The van der Waals surface area contributed by atoms with Crippen molar-refractivity contribution in [2.24, 2.45) is 5.73 Å². The first-order valence-electron chi connectivity index (χ1n) is 8.09. The van der Waals surface area contributed by atoms with Crippen LogP contribution in [0.2, 0.25) is 0 Å². The van der Waals surface area contributed by atoms with E-state index in [-0.39, 0.29) is 11.7 Å². The molecule has 2 aliphatic heterocycles. The summed E-state index contributed by atoms with van der Waals surface area (Å²) in [6, 6.07) is 6.44. The number of hydrogen-bond acceptors (Lipinski definition) is 5. The number of hydrogen-bond donors (Lipinski definition) is 1. The van der Waals surface area contributed by atoms with E-state index in [1.165, 1.54) is 12.1 Å². The van der Waals surface area contributed by atoms with Crippen LogP contribution in [0.4, 0.5) is 4.39 Å². The van der Waals surface area contributed by atoms with Crippen molar-refractivity contribution >= 4 is 5.91 Å². The average Bonchev–Trinajstić information content (AvgIpc) is 3.09. The predicted octanol–water partition coefficient (Wildman–Crippen LogP) is 0.459. The van der Waals surface area contributed by atoms with Crippen molar-refractivity contribution in [1.29, 1.82) is 5.26 Å². The minimum absolute atomic E-state index is 0.297. The molecule has 0 aliphatic carbocycles. The van der Waals surface area contributed by atoms with E-state index >= 15 is 0 Å². The summed E-state index contributed by atoms with van der Waals surface area (Å²) in [5.74, 6) is -0.629. The molecule has 3 rings (SSSR count). The number of nitriles is 1. The molecule has 6 nitrogen and oxygen atoms in total. The Hall–Kier alpha value is -2.01. The molecule has 2 aliphatic rings. The molecule has 2 fully saturated rings. The molecule has 0 radical (unpaired) electrons. The lowest BCUT2D eigenvalue weighted by Crippen LogP contribution is -2.63. The van der Waals surface area contributed by atoms with Crippen LogP contribution in [0.25, 0.3) is 0 Å². The Morgan fingerprint density at radius 2 is 2.12 bits per heavy atom. The van der Waals surface area contributed by atoms with Crippen molar-refractivity contribution < 1.29 is 13.9 Å². The predicted molar refractivity (Wildman–Crippen MR) is 85.3 cm³/mol. The maximum atomic E-state index is 13.9. The minimum atomic E-state index is -0.696. The van der Waals surface area contributed by atoms with Crippen LogP contribution in [0.3, 0.4) is 0 Å². The average molecular weight is 332 g/mol. The molecule has 1 amide bonds. The molecule has 0 saturated carbocycles. The molecule has 2 heterocycles. The third kappa shape index (κ3) is 3.13. The lowest BCUT2D eigenvalue weighted by Gasteiger charge is -2.43. The van der Waals surface area contributed by atoms with Crippen molar-refractivity contribution in [1.82, 2.24) is 9.80 Å². The maximum Gasteiger partial charge on any atom is 0.240 e. The first-order valence-corrected chi connectivity index (χ1v) is 8.09. The summed E-state index contributed by atoms with van der Waals surface area (Å²) in [5.41, 5.74) is 5.91. The third-order valence-electron chi connectivity index (χ3n) is 5.01. The second-order valence-electron chi connectivity index (χ2n) is 6.38. The van der Waals surface area contributed by atoms with Gasteiger partial charge >= 0.3 is 0 Å². The number of piperazine rings is 1. The zero-order chi connectivity index (χ0) is 17.2. The fourth-order valence-corrected chi connectivity index (χ4v) is 3.49. The van der Waals surface area contributed by atoms with Crippen LogP contribution in [0.15, 0.2) is 18.2 Å². The van der Waals surface area contributed by atoms with Crippen molar-refractivity contribution in [2.45, 2.75) is 18.5 Å². The summed E-state index contributed by atoms with van der Waals surface area (Å²) in [6.45, 7) is 4.15. The Morgan fingerprint density at radius 3 is 2.71 bits per heavy atom. The van der Waals surface area contributed by atoms with Gasteiger partial charge in [-0.15, -0.1) is 0 Å². The highest BCUT2D eigenvalue weighted by Crippen LogP contribution is 2.27. The first-order chi connectivity index (χ1) is 11.5. The second kappa shape index (κ2) is 6.85. The second-order valence-corrected chi connectivity index (χ2v) is 6.38. The van der Waals surface area contributed by atoms with Crippen LogP contribution < -0.4 is 5.73 Å². The molecule has 0 spiro atoms. The van der Waals surface area contributed by atoms with Gasteiger partial charge in [0.25, 0.3) is 0 Å². The summed E-state index contributed by atoms with van der Waals surface area (Å²) >= 11 is 0. The van der Waals surface area contributed by atoms with Gasteiger partial charge < -0.3 is 10.5 Å². The fourth-order valence-electron chi connectivity index (χ4n) is 3.49. The van der Waals surface area contributed by atoms with Gasteiger partial charge in [0.05, 0.1) is 18.2 Å². The largest absolute Gasteiger partial charge is 0.379 e. The maximum absolute atomic E-state index is 13.9. The van der Waals surface area contributed by atoms with E-state index in [0.717, 1.165) is 0 Å². The minimum Gasteiger partial charge on any atom is -0.379 e. The molecule has 1 atom stereocenters. The van der Waals surface area contributed by atoms with E-state index in [4.69, 9.17) is 15.7 Å². The molecule has 128 valence electrons. The molecule has 24 heavy (non-hydrogen) atoms. The number of nitrogens with zero attached hydrogens (tertiary/aromatic N) is 3. The van der Waals surface area contributed by atoms with Gasteiger partial charge in [0, 0.05) is 51.3 Å². The van der Waals surface area contributed by atoms with Gasteiger partial charge in [-0.25, -0.2) is 4.39 Å². The standard InChI is InChI=1S/C17H21FN4O2/c18-15-2-1-13(10-19)9-14(15)11-21-4-6-22(7-5-21)17(16(20)23)3-8-24-12-17/h1-2,9H,3-8,11-12H2,(H2,20,23). The van der Waals surface area contributed by atoms with E-state index < -0.39 is 5.54 Å². The SMILES string of the molecule is N#Cc1ccc(F)c(CN2CCN(C3(C(N)=O)CCOC3)CC2)c1. The molecular formula is C17H21FN4O2. The summed E-state index contributed by atoms with van der Waals surface area (Å²) < 4.78 is 19.3. The molecule has 2 N–H and O–H groups in total. The number of carbonyl (C=O) groups is 1. The van der Waals surface area contributed by atoms with E-state index in [1.54, 1.807) is 6.07 Å². The van der Waals surface area contributed by atoms with Crippen molar-refractivity contribution in [3.63, 3.8) is 0 Å². The van der Waals surface area contributed by atoms with Crippen LogP contribution in [-0.4, -0.2) is 60.6 Å². The Bertz CT molecular complexity index is 659. The lowest BCUT2D eigenvalue weighted by molar-refractivity contribution is -0.132. The molecule has 1 aromatic rings. The van der Waals surface area contributed by atoms with E-state index in [1.807, 2.05) is 6.07 Å². The smallest absolute Gasteiger partial charge is 0.240 e. The Labute approximate surface area is 140 Å². The molecule has 1 aromatic carbocycles. The molecule has 2 saturated heterocycles. The van der Waals surface area contributed by atoms with Crippen LogP contribution in [0.5, 0.6) is 0 Å². The van der Waals surface area contributed by atoms with Gasteiger partial charge in [-0.05, 0) is 18.2 Å². The van der Waals surface area contributed by atoms with Gasteiger partial charge in [0.15, 0.2) is 0 Å². The highest BCUT2D eigenvalue weighted by Gasteiger charge is 2.46. The van der Waals surface area contributed by atoms with Crippen LogP contribution >= 0.6 is 0 Å². The zero-order valence-electron chi connectivity index (χ0n) is 13.5. The molecular weight excluding hydrogens is 311 g/mol. The third-order valence-corrected chi connectivity index (χ3v) is 5.01.